The summed E-state index contributed by atoms with van der Waals surface area (Å²) >= 11 is 5.90. The third-order valence-electron chi connectivity index (χ3n) is 3.18. The third kappa shape index (κ3) is 4.11. The number of hydrogen-bond acceptors (Lipinski definition) is 3. The zero-order valence-corrected chi connectivity index (χ0v) is 12.8. The van der Waals surface area contributed by atoms with Crippen molar-refractivity contribution in [3.63, 3.8) is 0 Å². The monoisotopic (exact) mass is 321 g/mol. The largest absolute Gasteiger partial charge is 0.481 e. The molecule has 2 rings (SSSR count). The van der Waals surface area contributed by atoms with Crippen LogP contribution in [-0.4, -0.2) is 23.5 Å². The van der Waals surface area contributed by atoms with E-state index in [1.807, 2.05) is 18.2 Å². The summed E-state index contributed by atoms with van der Waals surface area (Å²) in [5.41, 5.74) is 1.94. The molecule has 5 nitrogen and oxygen atoms in total. The fourth-order valence-electron chi connectivity index (χ4n) is 2.17. The number of aliphatic carboxylic acids is 1. The second-order valence-corrected chi connectivity index (χ2v) is 5.36. The third-order valence-corrected chi connectivity index (χ3v) is 3.41. The topological polar surface area (TPSA) is 79.5 Å². The van der Waals surface area contributed by atoms with Crippen molar-refractivity contribution < 1.29 is 19.1 Å². The van der Waals surface area contributed by atoms with Gasteiger partial charge >= 0.3 is 5.97 Å². The molecule has 0 radical (unpaired) electrons. The highest BCUT2D eigenvalue weighted by Crippen LogP contribution is 2.17. The molecule has 6 heteroatoms. The molecule has 0 aliphatic rings. The molecule has 1 amide bonds. The van der Waals surface area contributed by atoms with Crippen molar-refractivity contribution >= 4 is 23.5 Å². The van der Waals surface area contributed by atoms with Crippen molar-refractivity contribution in [2.24, 2.45) is 0 Å². The number of nitrogens with one attached hydrogen (secondary N) is 1. The molecule has 0 spiro atoms. The molecule has 22 heavy (non-hydrogen) atoms. The van der Waals surface area contributed by atoms with Gasteiger partial charge in [0.25, 0.3) is 5.91 Å². The molecule has 0 saturated carbocycles. The number of carbonyl (C=O) groups is 2. The molecule has 116 valence electrons. The highest BCUT2D eigenvalue weighted by Gasteiger charge is 2.20. The van der Waals surface area contributed by atoms with Gasteiger partial charge in [-0.15, -0.1) is 0 Å². The van der Waals surface area contributed by atoms with Gasteiger partial charge in [0.05, 0.1) is 11.8 Å². The Kier molecular flexibility index (Phi) is 5.22. The highest BCUT2D eigenvalue weighted by atomic mass is 35.5. The molecule has 2 aromatic rings. The quantitative estimate of drug-likeness (QED) is 0.857. The minimum Gasteiger partial charge on any atom is -0.481 e. The van der Waals surface area contributed by atoms with Crippen molar-refractivity contribution in [3.8, 4) is 0 Å². The first kappa shape index (κ1) is 16.1. The zero-order chi connectivity index (χ0) is 16.1. The van der Waals surface area contributed by atoms with Gasteiger partial charge in [0.15, 0.2) is 0 Å². The van der Waals surface area contributed by atoms with Gasteiger partial charge < -0.3 is 14.8 Å². The van der Waals surface area contributed by atoms with Gasteiger partial charge in [-0.1, -0.05) is 23.7 Å². The summed E-state index contributed by atoms with van der Waals surface area (Å²) in [5, 5.41) is 12.3. The van der Waals surface area contributed by atoms with Crippen LogP contribution in [0.5, 0.6) is 0 Å². The molecule has 0 unspecified atom stereocenters. The normalized spacial score (nSPS) is 10.5. The number of carboxylic acids is 1. The van der Waals surface area contributed by atoms with Crippen LogP contribution in [0.25, 0.3) is 0 Å². The molecular formula is C16H16ClNO4. The summed E-state index contributed by atoms with van der Waals surface area (Å²) in [5.74, 6) is -1.20. The Labute approximate surface area is 132 Å². The second kappa shape index (κ2) is 7.13. The Bertz CT molecular complexity index is 693. The van der Waals surface area contributed by atoms with Gasteiger partial charge in [0, 0.05) is 17.1 Å². The zero-order valence-electron chi connectivity index (χ0n) is 12.1. The predicted octanol–water partition coefficient (Wildman–Crippen LogP) is 2.84. The van der Waals surface area contributed by atoms with Crippen LogP contribution in [0.15, 0.2) is 34.9 Å². The molecule has 1 aromatic carbocycles. The number of rotatable bonds is 6. The Hall–Kier alpha value is -2.27. The number of benzene rings is 1. The number of carboxylic acid groups (broad SMARTS) is 1. The number of hydrogen-bond donors (Lipinski definition) is 2. The minimum absolute atomic E-state index is 0.172. The maximum Gasteiger partial charge on any atom is 0.311 e. The van der Waals surface area contributed by atoms with Gasteiger partial charge in [0.1, 0.15) is 12.2 Å². The fourth-order valence-corrected chi connectivity index (χ4v) is 2.38. The lowest BCUT2D eigenvalue weighted by molar-refractivity contribution is -0.136. The Morgan fingerprint density at radius 1 is 1.36 bits per heavy atom. The maximum absolute atomic E-state index is 12.2. The lowest BCUT2D eigenvalue weighted by Crippen LogP contribution is -2.27. The number of aryl methyl sites for hydroxylation is 1. The number of carbonyl (C=O) groups excluding carboxylic acids is 1. The van der Waals surface area contributed by atoms with Crippen molar-refractivity contribution in [1.82, 2.24) is 5.32 Å². The first-order valence-corrected chi connectivity index (χ1v) is 7.16. The maximum atomic E-state index is 12.2. The van der Waals surface area contributed by atoms with E-state index in [1.54, 1.807) is 13.0 Å². The lowest BCUT2D eigenvalue weighted by Gasteiger charge is -2.06. The molecule has 0 saturated heterocycles. The van der Waals surface area contributed by atoms with Crippen LogP contribution in [-0.2, 0) is 17.6 Å². The first-order chi connectivity index (χ1) is 10.5. The molecule has 0 aliphatic heterocycles. The number of furan rings is 1. The molecular weight excluding hydrogens is 306 g/mol. The first-order valence-electron chi connectivity index (χ1n) is 6.78. The SMILES string of the molecule is Cc1coc(CC(=O)O)c1C(=O)NCCc1cccc(Cl)c1. The van der Waals surface area contributed by atoms with Gasteiger partial charge in [-0.2, -0.15) is 0 Å². The fraction of sp³-hybridized carbons (Fsp3) is 0.250. The van der Waals surface area contributed by atoms with E-state index in [-0.39, 0.29) is 18.1 Å². The standard InChI is InChI=1S/C16H16ClNO4/c1-10-9-22-13(8-14(19)20)15(10)16(21)18-6-5-11-3-2-4-12(17)7-11/h2-4,7,9H,5-6,8H2,1H3,(H,18,21)(H,19,20). The van der Waals surface area contributed by atoms with Gasteiger partial charge in [0.2, 0.25) is 0 Å². The minimum atomic E-state index is -1.04. The van der Waals surface area contributed by atoms with Gasteiger partial charge in [-0.05, 0) is 31.0 Å². The van der Waals surface area contributed by atoms with Crippen LogP contribution in [0, 0.1) is 6.92 Å². The van der Waals surface area contributed by atoms with E-state index in [2.05, 4.69) is 5.32 Å². The molecule has 2 N–H and O–H groups in total. The Morgan fingerprint density at radius 3 is 2.82 bits per heavy atom. The van der Waals surface area contributed by atoms with Crippen LogP contribution in [0.1, 0.15) is 27.2 Å². The molecule has 0 atom stereocenters. The van der Waals surface area contributed by atoms with Crippen molar-refractivity contribution in [3.05, 3.63) is 58.0 Å². The average Bonchev–Trinajstić information content (AvgIpc) is 2.79. The summed E-state index contributed by atoms with van der Waals surface area (Å²) in [7, 11) is 0. The summed E-state index contributed by atoms with van der Waals surface area (Å²) in [4.78, 5) is 23.0. The van der Waals surface area contributed by atoms with Crippen LogP contribution in [0.3, 0.4) is 0 Å². The predicted molar refractivity (Wildman–Crippen MR) is 82.3 cm³/mol. The van der Waals surface area contributed by atoms with Crippen LogP contribution in [0.4, 0.5) is 0 Å². The average molecular weight is 322 g/mol. The van der Waals surface area contributed by atoms with E-state index in [0.29, 0.717) is 29.1 Å². The lowest BCUT2D eigenvalue weighted by atomic mass is 10.1. The van der Waals surface area contributed by atoms with E-state index in [4.69, 9.17) is 21.1 Å². The summed E-state index contributed by atoms with van der Waals surface area (Å²) in [6.45, 7) is 2.14. The van der Waals surface area contributed by atoms with Crippen molar-refractivity contribution in [2.75, 3.05) is 6.54 Å². The van der Waals surface area contributed by atoms with E-state index < -0.39 is 5.97 Å². The van der Waals surface area contributed by atoms with Crippen LogP contribution in [0.2, 0.25) is 5.02 Å². The Morgan fingerprint density at radius 2 is 2.14 bits per heavy atom. The Balaban J connectivity index is 1.98. The second-order valence-electron chi connectivity index (χ2n) is 4.92. The van der Waals surface area contributed by atoms with E-state index in [1.165, 1.54) is 6.26 Å². The summed E-state index contributed by atoms with van der Waals surface area (Å²) in [6, 6.07) is 7.41. The summed E-state index contributed by atoms with van der Waals surface area (Å²) < 4.78 is 5.15. The highest BCUT2D eigenvalue weighted by molar-refractivity contribution is 6.30. The number of amides is 1. The van der Waals surface area contributed by atoms with E-state index >= 15 is 0 Å². The van der Waals surface area contributed by atoms with Crippen LogP contribution >= 0.6 is 11.6 Å². The van der Waals surface area contributed by atoms with Crippen LogP contribution < -0.4 is 5.32 Å². The van der Waals surface area contributed by atoms with Crippen molar-refractivity contribution in [1.29, 1.82) is 0 Å². The van der Waals surface area contributed by atoms with E-state index in [0.717, 1.165) is 5.56 Å². The van der Waals surface area contributed by atoms with Gasteiger partial charge in [-0.25, -0.2) is 0 Å². The van der Waals surface area contributed by atoms with Gasteiger partial charge in [-0.3, -0.25) is 9.59 Å². The molecule has 1 aromatic heterocycles. The van der Waals surface area contributed by atoms with Crippen molar-refractivity contribution in [2.45, 2.75) is 19.8 Å². The molecule has 0 aliphatic carbocycles. The smallest absolute Gasteiger partial charge is 0.311 e. The number of halogens is 1. The summed E-state index contributed by atoms with van der Waals surface area (Å²) in [6.07, 6.45) is 1.71. The molecule has 0 bridgehead atoms. The molecule has 0 fully saturated rings. The molecule has 1 heterocycles. The van der Waals surface area contributed by atoms with E-state index in [9.17, 15) is 9.59 Å².